The number of hydrogen-bond acceptors (Lipinski definition) is 2. The van der Waals surface area contributed by atoms with Crippen molar-refractivity contribution in [2.75, 3.05) is 5.32 Å². The fraction of sp³-hybridized carbons (Fsp3) is 0.500. The van der Waals surface area contributed by atoms with Gasteiger partial charge in [0.05, 0.1) is 6.42 Å². The summed E-state index contributed by atoms with van der Waals surface area (Å²) in [6.45, 7) is 2.25. The van der Waals surface area contributed by atoms with Gasteiger partial charge in [0.25, 0.3) is 0 Å². The van der Waals surface area contributed by atoms with Crippen molar-refractivity contribution < 1.29 is 14.7 Å². The number of hydrogen-bond donors (Lipinski definition) is 3. The van der Waals surface area contributed by atoms with Crippen molar-refractivity contribution in [1.29, 1.82) is 0 Å². The van der Waals surface area contributed by atoms with Crippen molar-refractivity contribution in [1.82, 2.24) is 5.32 Å². The van der Waals surface area contributed by atoms with E-state index in [9.17, 15) is 9.59 Å². The lowest BCUT2D eigenvalue weighted by atomic mass is 9.87. The maximum absolute atomic E-state index is 11.9. The molecule has 0 spiro atoms. The maximum Gasteiger partial charge on any atom is 0.319 e. The molecule has 1 saturated carbocycles. The topological polar surface area (TPSA) is 78.4 Å². The second-order valence-electron chi connectivity index (χ2n) is 5.82. The molecule has 0 atom stereocenters. The zero-order valence-corrected chi connectivity index (χ0v) is 12.3. The average Bonchev–Trinajstić information content (AvgIpc) is 2.43. The lowest BCUT2D eigenvalue weighted by Gasteiger charge is -2.26. The van der Waals surface area contributed by atoms with Gasteiger partial charge in [-0.1, -0.05) is 19.1 Å². The predicted molar refractivity (Wildman–Crippen MR) is 81.4 cm³/mol. The number of urea groups is 1. The van der Waals surface area contributed by atoms with Crippen LogP contribution in [0.5, 0.6) is 0 Å². The standard InChI is InChI=1S/C16H22N2O3/c1-11-2-6-13(7-3-11)17-16(21)18-14-8-4-12(5-9-14)10-15(19)20/h4-5,8-9,11,13H,2-3,6-7,10H2,1H3,(H,19,20)(H2,17,18,21). The van der Waals surface area contributed by atoms with E-state index in [2.05, 4.69) is 17.6 Å². The monoisotopic (exact) mass is 290 g/mol. The van der Waals surface area contributed by atoms with Crippen molar-refractivity contribution >= 4 is 17.7 Å². The Kier molecular flexibility index (Phi) is 5.20. The highest BCUT2D eigenvalue weighted by Gasteiger charge is 2.19. The molecular weight excluding hydrogens is 268 g/mol. The highest BCUT2D eigenvalue weighted by Crippen LogP contribution is 2.23. The minimum atomic E-state index is -0.861. The molecule has 0 saturated heterocycles. The van der Waals surface area contributed by atoms with Gasteiger partial charge >= 0.3 is 12.0 Å². The number of carbonyl (C=O) groups excluding carboxylic acids is 1. The van der Waals surface area contributed by atoms with Gasteiger partial charge in [-0.05, 0) is 49.3 Å². The van der Waals surface area contributed by atoms with Crippen LogP contribution in [0.2, 0.25) is 0 Å². The number of anilines is 1. The Labute approximate surface area is 124 Å². The van der Waals surface area contributed by atoms with Crippen molar-refractivity contribution in [3.8, 4) is 0 Å². The van der Waals surface area contributed by atoms with Gasteiger partial charge in [0.2, 0.25) is 0 Å². The Morgan fingerprint density at radius 2 is 1.76 bits per heavy atom. The Morgan fingerprint density at radius 1 is 1.14 bits per heavy atom. The smallest absolute Gasteiger partial charge is 0.319 e. The molecule has 21 heavy (non-hydrogen) atoms. The molecule has 0 aliphatic heterocycles. The molecule has 2 rings (SSSR count). The van der Waals surface area contributed by atoms with Gasteiger partial charge in [-0.2, -0.15) is 0 Å². The van der Waals surface area contributed by atoms with Crippen LogP contribution < -0.4 is 10.6 Å². The fourth-order valence-corrected chi connectivity index (χ4v) is 2.64. The van der Waals surface area contributed by atoms with Crippen LogP contribution in [0.15, 0.2) is 24.3 Å². The minimum Gasteiger partial charge on any atom is -0.481 e. The first-order valence-electron chi connectivity index (χ1n) is 7.41. The molecule has 1 aliphatic rings. The number of benzene rings is 1. The summed E-state index contributed by atoms with van der Waals surface area (Å²) < 4.78 is 0. The van der Waals surface area contributed by atoms with E-state index < -0.39 is 5.97 Å². The molecule has 1 aromatic rings. The zero-order valence-electron chi connectivity index (χ0n) is 12.3. The summed E-state index contributed by atoms with van der Waals surface area (Å²) in [5, 5.41) is 14.5. The molecule has 0 heterocycles. The van der Waals surface area contributed by atoms with E-state index in [0.29, 0.717) is 5.69 Å². The second kappa shape index (κ2) is 7.11. The summed E-state index contributed by atoms with van der Waals surface area (Å²) in [7, 11) is 0. The van der Waals surface area contributed by atoms with Crippen LogP contribution in [0, 0.1) is 5.92 Å². The second-order valence-corrected chi connectivity index (χ2v) is 5.82. The molecular formula is C16H22N2O3. The lowest BCUT2D eigenvalue weighted by Crippen LogP contribution is -2.39. The third-order valence-electron chi connectivity index (χ3n) is 3.92. The van der Waals surface area contributed by atoms with Crippen LogP contribution in [-0.4, -0.2) is 23.1 Å². The SMILES string of the molecule is CC1CCC(NC(=O)Nc2ccc(CC(=O)O)cc2)CC1. The number of carboxylic acid groups (broad SMARTS) is 1. The van der Waals surface area contributed by atoms with Crippen LogP contribution in [0.3, 0.4) is 0 Å². The summed E-state index contributed by atoms with van der Waals surface area (Å²) in [5.41, 5.74) is 1.39. The van der Waals surface area contributed by atoms with Gasteiger partial charge < -0.3 is 15.7 Å². The van der Waals surface area contributed by atoms with Crippen LogP contribution in [-0.2, 0) is 11.2 Å². The molecule has 3 N–H and O–H groups in total. The van der Waals surface area contributed by atoms with Crippen LogP contribution in [0.25, 0.3) is 0 Å². The molecule has 0 unspecified atom stereocenters. The quantitative estimate of drug-likeness (QED) is 0.797. The summed E-state index contributed by atoms with van der Waals surface area (Å²) in [6.07, 6.45) is 4.38. The number of carbonyl (C=O) groups is 2. The number of amides is 2. The van der Waals surface area contributed by atoms with Crippen molar-refractivity contribution in [3.05, 3.63) is 29.8 Å². The third kappa shape index (κ3) is 5.10. The summed E-state index contributed by atoms with van der Waals surface area (Å²) in [4.78, 5) is 22.5. The van der Waals surface area contributed by atoms with Gasteiger partial charge in [-0.3, -0.25) is 4.79 Å². The number of aliphatic carboxylic acids is 1. The minimum absolute atomic E-state index is 0.00721. The first-order valence-corrected chi connectivity index (χ1v) is 7.41. The molecule has 1 aliphatic carbocycles. The van der Waals surface area contributed by atoms with E-state index in [0.717, 1.165) is 37.2 Å². The molecule has 0 radical (unpaired) electrons. The Bertz CT molecular complexity index is 491. The molecule has 1 fully saturated rings. The lowest BCUT2D eigenvalue weighted by molar-refractivity contribution is -0.136. The van der Waals surface area contributed by atoms with Crippen molar-refractivity contribution in [2.45, 2.75) is 45.1 Å². The summed E-state index contributed by atoms with van der Waals surface area (Å²) in [5.74, 6) is -0.104. The summed E-state index contributed by atoms with van der Waals surface area (Å²) in [6, 6.07) is 6.94. The van der Waals surface area contributed by atoms with Gasteiger partial charge in [-0.15, -0.1) is 0 Å². The number of nitrogens with one attached hydrogen (secondary N) is 2. The molecule has 0 bridgehead atoms. The van der Waals surface area contributed by atoms with Crippen molar-refractivity contribution in [2.24, 2.45) is 5.92 Å². The summed E-state index contributed by atoms with van der Waals surface area (Å²) >= 11 is 0. The first kappa shape index (κ1) is 15.4. The van der Waals surface area contributed by atoms with E-state index in [1.54, 1.807) is 24.3 Å². The largest absolute Gasteiger partial charge is 0.481 e. The Morgan fingerprint density at radius 3 is 2.33 bits per heavy atom. The zero-order chi connectivity index (χ0) is 15.2. The van der Waals surface area contributed by atoms with E-state index >= 15 is 0 Å². The van der Waals surface area contributed by atoms with Crippen LogP contribution in [0.1, 0.15) is 38.2 Å². The number of rotatable bonds is 4. The van der Waals surface area contributed by atoms with E-state index in [1.807, 2.05) is 0 Å². The molecule has 0 aromatic heterocycles. The third-order valence-corrected chi connectivity index (χ3v) is 3.92. The predicted octanol–water partition coefficient (Wildman–Crippen LogP) is 3.01. The molecule has 1 aromatic carbocycles. The van der Waals surface area contributed by atoms with Gasteiger partial charge in [0, 0.05) is 11.7 Å². The Balaban J connectivity index is 1.80. The first-order chi connectivity index (χ1) is 10.0. The van der Waals surface area contributed by atoms with Crippen LogP contribution in [0.4, 0.5) is 10.5 Å². The van der Waals surface area contributed by atoms with Gasteiger partial charge in [0.15, 0.2) is 0 Å². The maximum atomic E-state index is 11.9. The van der Waals surface area contributed by atoms with Crippen LogP contribution >= 0.6 is 0 Å². The van der Waals surface area contributed by atoms with E-state index in [4.69, 9.17) is 5.11 Å². The Hall–Kier alpha value is -2.04. The average molecular weight is 290 g/mol. The van der Waals surface area contributed by atoms with E-state index in [1.165, 1.54) is 0 Å². The fourth-order valence-electron chi connectivity index (χ4n) is 2.64. The van der Waals surface area contributed by atoms with E-state index in [-0.39, 0.29) is 18.5 Å². The van der Waals surface area contributed by atoms with Crippen molar-refractivity contribution in [3.63, 3.8) is 0 Å². The highest BCUT2D eigenvalue weighted by molar-refractivity contribution is 5.89. The normalized spacial score (nSPS) is 21.6. The van der Waals surface area contributed by atoms with Gasteiger partial charge in [0.1, 0.15) is 0 Å². The number of carboxylic acids is 1. The molecule has 114 valence electrons. The molecule has 5 nitrogen and oxygen atoms in total. The van der Waals surface area contributed by atoms with Gasteiger partial charge in [-0.25, -0.2) is 4.79 Å². The molecule has 5 heteroatoms. The molecule has 2 amide bonds. The highest BCUT2D eigenvalue weighted by atomic mass is 16.4.